The molecule has 2 aromatic carbocycles. The number of primary amides is 1. The molecule has 0 spiro atoms. The van der Waals surface area contributed by atoms with E-state index in [2.05, 4.69) is 16.0 Å². The van der Waals surface area contributed by atoms with E-state index in [1.54, 1.807) is 54.6 Å². The van der Waals surface area contributed by atoms with Crippen molar-refractivity contribution in [3.05, 3.63) is 82.0 Å². The molecule has 0 fully saturated rings. The maximum Gasteiger partial charge on any atom is 0.316 e. The predicted molar refractivity (Wildman–Crippen MR) is 110 cm³/mol. The highest BCUT2D eigenvalue weighted by Gasteiger charge is 2.09. The van der Waals surface area contributed by atoms with Gasteiger partial charge < -0.3 is 21.7 Å². The number of amides is 4. The second-order valence-electron chi connectivity index (χ2n) is 5.88. The minimum Gasteiger partial charge on any atom is -0.351 e. The Kier molecular flexibility index (Phi) is 6.03. The summed E-state index contributed by atoms with van der Waals surface area (Å²) >= 11 is 1.36. The second kappa shape index (κ2) is 8.83. The monoisotopic (exact) mass is 394 g/mol. The second-order valence-corrected chi connectivity index (χ2v) is 6.83. The van der Waals surface area contributed by atoms with Gasteiger partial charge in [0.15, 0.2) is 0 Å². The number of carbonyl (C=O) groups excluding carboxylic acids is 3. The normalized spacial score (nSPS) is 10.1. The van der Waals surface area contributed by atoms with Crippen molar-refractivity contribution in [3.8, 4) is 0 Å². The Balaban J connectivity index is 1.53. The van der Waals surface area contributed by atoms with Crippen LogP contribution in [0.25, 0.3) is 0 Å². The summed E-state index contributed by atoms with van der Waals surface area (Å²) in [4.78, 5) is 35.7. The van der Waals surface area contributed by atoms with Crippen LogP contribution < -0.4 is 21.7 Å². The molecule has 0 radical (unpaired) electrons. The molecule has 0 aliphatic heterocycles. The summed E-state index contributed by atoms with van der Waals surface area (Å²) in [5.41, 5.74) is 7.63. The van der Waals surface area contributed by atoms with Crippen molar-refractivity contribution in [2.45, 2.75) is 6.54 Å². The Hall–Kier alpha value is -3.65. The van der Waals surface area contributed by atoms with Gasteiger partial charge in [-0.15, -0.1) is 11.3 Å². The number of urea groups is 1. The molecule has 4 amide bonds. The predicted octanol–water partition coefficient (Wildman–Crippen LogP) is 3.42. The van der Waals surface area contributed by atoms with Crippen LogP contribution in [-0.2, 0) is 6.54 Å². The Morgan fingerprint density at radius 1 is 0.821 bits per heavy atom. The lowest BCUT2D eigenvalue weighted by Crippen LogP contribution is -2.23. The van der Waals surface area contributed by atoms with E-state index in [0.717, 1.165) is 5.56 Å². The Morgan fingerprint density at radius 2 is 1.46 bits per heavy atom. The van der Waals surface area contributed by atoms with Gasteiger partial charge in [-0.3, -0.25) is 9.59 Å². The van der Waals surface area contributed by atoms with Crippen LogP contribution in [0.2, 0.25) is 0 Å². The Labute approximate surface area is 165 Å². The molecule has 0 aliphatic rings. The lowest BCUT2D eigenvalue weighted by molar-refractivity contribution is 0.0950. The largest absolute Gasteiger partial charge is 0.351 e. The average molecular weight is 394 g/mol. The molecule has 1 heterocycles. The summed E-state index contributed by atoms with van der Waals surface area (Å²) in [5, 5.41) is 9.92. The summed E-state index contributed by atoms with van der Waals surface area (Å²) in [6.07, 6.45) is 0. The van der Waals surface area contributed by atoms with Gasteiger partial charge in [-0.25, -0.2) is 4.79 Å². The maximum absolute atomic E-state index is 12.3. The summed E-state index contributed by atoms with van der Waals surface area (Å²) in [5.74, 6) is -0.406. The number of carbonyl (C=O) groups is 3. The number of nitrogens with two attached hydrogens (primary N) is 1. The van der Waals surface area contributed by atoms with Crippen molar-refractivity contribution in [1.82, 2.24) is 5.32 Å². The van der Waals surface area contributed by atoms with E-state index in [1.165, 1.54) is 11.3 Å². The van der Waals surface area contributed by atoms with E-state index >= 15 is 0 Å². The zero-order valence-electron chi connectivity index (χ0n) is 14.8. The molecule has 5 N–H and O–H groups in total. The third-order valence-electron chi connectivity index (χ3n) is 3.82. The molecule has 3 aromatic rings. The highest BCUT2D eigenvalue weighted by Crippen LogP contribution is 2.15. The zero-order chi connectivity index (χ0) is 19.9. The molecule has 7 nitrogen and oxygen atoms in total. The van der Waals surface area contributed by atoms with E-state index in [1.807, 2.05) is 11.4 Å². The fourth-order valence-corrected chi connectivity index (χ4v) is 3.06. The van der Waals surface area contributed by atoms with Crippen molar-refractivity contribution in [2.24, 2.45) is 5.73 Å². The summed E-state index contributed by atoms with van der Waals surface area (Å²) < 4.78 is 0. The van der Waals surface area contributed by atoms with Crippen LogP contribution in [0.15, 0.2) is 66.0 Å². The van der Waals surface area contributed by atoms with Crippen LogP contribution in [0.1, 0.15) is 25.6 Å². The number of rotatable bonds is 6. The molecule has 0 bridgehead atoms. The number of benzene rings is 2. The molecule has 3 rings (SSSR count). The fourth-order valence-electron chi connectivity index (χ4n) is 2.44. The summed E-state index contributed by atoms with van der Waals surface area (Å²) in [6, 6.07) is 16.6. The van der Waals surface area contributed by atoms with Crippen molar-refractivity contribution in [3.63, 3.8) is 0 Å². The van der Waals surface area contributed by atoms with Gasteiger partial charge in [0.25, 0.3) is 11.8 Å². The van der Waals surface area contributed by atoms with Gasteiger partial charge >= 0.3 is 6.03 Å². The van der Waals surface area contributed by atoms with Crippen molar-refractivity contribution >= 4 is 40.6 Å². The molecule has 0 saturated carbocycles. The van der Waals surface area contributed by atoms with E-state index in [0.29, 0.717) is 28.4 Å². The Morgan fingerprint density at radius 3 is 2.07 bits per heavy atom. The molecular weight excluding hydrogens is 376 g/mol. The van der Waals surface area contributed by atoms with Gasteiger partial charge in [0.05, 0.1) is 4.88 Å². The van der Waals surface area contributed by atoms with Crippen LogP contribution >= 0.6 is 11.3 Å². The molecule has 0 unspecified atom stereocenters. The first kappa shape index (κ1) is 19.1. The van der Waals surface area contributed by atoms with E-state index < -0.39 is 6.03 Å². The number of anilines is 2. The van der Waals surface area contributed by atoms with Crippen molar-refractivity contribution < 1.29 is 14.4 Å². The van der Waals surface area contributed by atoms with Crippen LogP contribution in [0.4, 0.5) is 16.2 Å². The number of hydrogen-bond acceptors (Lipinski definition) is 4. The molecule has 1 aromatic heterocycles. The third kappa shape index (κ3) is 5.18. The van der Waals surface area contributed by atoms with Crippen LogP contribution in [0, 0.1) is 0 Å². The first-order chi connectivity index (χ1) is 13.5. The van der Waals surface area contributed by atoms with E-state index in [9.17, 15) is 14.4 Å². The highest BCUT2D eigenvalue weighted by atomic mass is 32.1. The van der Waals surface area contributed by atoms with Gasteiger partial charge in [-0.2, -0.15) is 0 Å². The number of nitrogens with one attached hydrogen (secondary N) is 3. The van der Waals surface area contributed by atoms with Crippen LogP contribution in [0.5, 0.6) is 0 Å². The number of thiophene rings is 1. The maximum atomic E-state index is 12.3. The van der Waals surface area contributed by atoms with Crippen molar-refractivity contribution in [1.29, 1.82) is 0 Å². The summed E-state index contributed by atoms with van der Waals surface area (Å²) in [6.45, 7) is 0.340. The van der Waals surface area contributed by atoms with Gasteiger partial charge in [0.1, 0.15) is 0 Å². The molecule has 28 heavy (non-hydrogen) atoms. The lowest BCUT2D eigenvalue weighted by Gasteiger charge is -2.08. The van der Waals surface area contributed by atoms with E-state index in [-0.39, 0.29) is 11.8 Å². The van der Waals surface area contributed by atoms with Gasteiger partial charge in [-0.05, 0) is 53.4 Å². The first-order valence-electron chi connectivity index (χ1n) is 8.40. The Bertz CT molecular complexity index is 968. The average Bonchev–Trinajstić information content (AvgIpc) is 3.22. The molecule has 8 heteroatoms. The quantitative estimate of drug-likeness (QED) is 0.514. The summed E-state index contributed by atoms with van der Waals surface area (Å²) in [7, 11) is 0. The standard InChI is InChI=1S/C20H18N4O3S/c21-20(27)24-16-7-3-13(4-8-16)12-22-18(25)14-5-9-15(10-6-14)23-19(26)17-2-1-11-28-17/h1-11H,12H2,(H,22,25)(H,23,26)(H3,21,24,27). The topological polar surface area (TPSA) is 113 Å². The fraction of sp³-hybridized carbons (Fsp3) is 0.0500. The van der Waals surface area contributed by atoms with E-state index in [4.69, 9.17) is 5.73 Å². The third-order valence-corrected chi connectivity index (χ3v) is 4.69. The highest BCUT2D eigenvalue weighted by molar-refractivity contribution is 7.12. The number of hydrogen-bond donors (Lipinski definition) is 4. The molecule has 142 valence electrons. The van der Waals surface area contributed by atoms with Crippen LogP contribution in [0.3, 0.4) is 0 Å². The van der Waals surface area contributed by atoms with Crippen molar-refractivity contribution in [2.75, 3.05) is 10.6 Å². The van der Waals surface area contributed by atoms with Gasteiger partial charge in [0.2, 0.25) is 0 Å². The molecule has 0 atom stereocenters. The van der Waals surface area contributed by atoms with Gasteiger partial charge in [-0.1, -0.05) is 18.2 Å². The zero-order valence-corrected chi connectivity index (χ0v) is 15.6. The molecule has 0 aliphatic carbocycles. The SMILES string of the molecule is NC(=O)Nc1ccc(CNC(=O)c2ccc(NC(=O)c3cccs3)cc2)cc1. The molecule has 0 saturated heterocycles. The first-order valence-corrected chi connectivity index (χ1v) is 9.28. The van der Waals surface area contributed by atoms with Crippen LogP contribution in [-0.4, -0.2) is 17.8 Å². The smallest absolute Gasteiger partial charge is 0.316 e. The molecular formula is C20H18N4O3S. The lowest BCUT2D eigenvalue weighted by atomic mass is 10.1. The van der Waals surface area contributed by atoms with Gasteiger partial charge in [0, 0.05) is 23.5 Å². The minimum absolute atomic E-state index is 0.179. The minimum atomic E-state index is -0.629.